The van der Waals surface area contributed by atoms with Gasteiger partial charge in [-0.3, -0.25) is 0 Å². The quantitative estimate of drug-likeness (QED) is 0.720. The summed E-state index contributed by atoms with van der Waals surface area (Å²) in [5.74, 6) is 0.615. The average molecular weight is 403 g/mol. The first-order chi connectivity index (χ1) is 9.72. The molecule has 0 saturated heterocycles. The van der Waals surface area contributed by atoms with Crippen LogP contribution in [-0.4, -0.2) is 23.6 Å². The number of rotatable bonds is 7. The zero-order valence-corrected chi connectivity index (χ0v) is 14.6. The number of halogens is 1. The zero-order chi connectivity index (χ0) is 14.4. The molecule has 4 nitrogen and oxygen atoms in total. The Balaban J connectivity index is 2.14. The van der Waals surface area contributed by atoms with Gasteiger partial charge in [0.05, 0.1) is 9.99 Å². The van der Waals surface area contributed by atoms with Gasteiger partial charge in [0.1, 0.15) is 6.33 Å². The summed E-state index contributed by atoms with van der Waals surface area (Å²) in [6, 6.07) is 4.42. The molecule has 0 saturated carbocycles. The highest BCUT2D eigenvalue weighted by Gasteiger charge is 2.14. The Morgan fingerprint density at radius 3 is 2.90 bits per heavy atom. The molecule has 1 N–H and O–H groups in total. The molecule has 0 aliphatic rings. The van der Waals surface area contributed by atoms with E-state index in [9.17, 15) is 0 Å². The number of nitrogens with one attached hydrogen (secondary N) is 1. The Labute approximate surface area is 137 Å². The molecule has 1 unspecified atom stereocenters. The van der Waals surface area contributed by atoms with Crippen molar-refractivity contribution >= 4 is 33.9 Å². The predicted octanol–water partition coefficient (Wildman–Crippen LogP) is 3.43. The van der Waals surface area contributed by atoms with E-state index in [-0.39, 0.29) is 6.04 Å². The van der Waals surface area contributed by atoms with Crippen LogP contribution in [0.2, 0.25) is 0 Å². The highest BCUT2D eigenvalue weighted by atomic mass is 127. The van der Waals surface area contributed by atoms with E-state index < -0.39 is 0 Å². The molecular weight excluding hydrogens is 385 g/mol. The SMILES string of the molecule is CCCNC(Cc1cc(OC)ncn1)c1csc(I)c1. The van der Waals surface area contributed by atoms with Gasteiger partial charge < -0.3 is 10.1 Å². The second kappa shape index (κ2) is 7.90. The van der Waals surface area contributed by atoms with Crippen molar-refractivity contribution in [3.63, 3.8) is 0 Å². The number of hydrogen-bond acceptors (Lipinski definition) is 5. The van der Waals surface area contributed by atoms with E-state index in [0.717, 1.165) is 25.1 Å². The second-order valence-corrected chi connectivity index (χ2v) is 7.25. The lowest BCUT2D eigenvalue weighted by Crippen LogP contribution is -2.24. The molecule has 1 atom stereocenters. The van der Waals surface area contributed by atoms with Crippen molar-refractivity contribution in [3.8, 4) is 5.88 Å². The minimum absolute atomic E-state index is 0.286. The van der Waals surface area contributed by atoms with Crippen molar-refractivity contribution in [1.29, 1.82) is 0 Å². The van der Waals surface area contributed by atoms with E-state index in [4.69, 9.17) is 4.74 Å². The minimum atomic E-state index is 0.286. The Morgan fingerprint density at radius 2 is 2.25 bits per heavy atom. The fourth-order valence-electron chi connectivity index (χ4n) is 1.94. The lowest BCUT2D eigenvalue weighted by molar-refractivity contribution is 0.395. The van der Waals surface area contributed by atoms with Gasteiger partial charge in [-0.05, 0) is 52.6 Å². The van der Waals surface area contributed by atoms with E-state index in [1.807, 2.05) is 6.07 Å². The molecule has 0 spiro atoms. The smallest absolute Gasteiger partial charge is 0.216 e. The predicted molar refractivity (Wildman–Crippen MR) is 90.4 cm³/mol. The van der Waals surface area contributed by atoms with Crippen molar-refractivity contribution in [3.05, 3.63) is 38.0 Å². The van der Waals surface area contributed by atoms with Crippen LogP contribution in [0.4, 0.5) is 0 Å². The third kappa shape index (κ3) is 4.39. The van der Waals surface area contributed by atoms with Crippen molar-refractivity contribution in [2.45, 2.75) is 25.8 Å². The van der Waals surface area contributed by atoms with E-state index in [2.05, 4.69) is 56.2 Å². The van der Waals surface area contributed by atoms with Gasteiger partial charge in [-0.15, -0.1) is 11.3 Å². The summed E-state index contributed by atoms with van der Waals surface area (Å²) in [6.07, 6.45) is 3.51. The van der Waals surface area contributed by atoms with Gasteiger partial charge in [0.15, 0.2) is 0 Å². The molecule has 6 heteroatoms. The number of methoxy groups -OCH3 is 1. The molecule has 2 heterocycles. The Hall–Kier alpha value is -0.730. The summed E-state index contributed by atoms with van der Waals surface area (Å²) in [4.78, 5) is 8.39. The third-order valence-corrected chi connectivity index (χ3v) is 4.76. The van der Waals surface area contributed by atoms with Gasteiger partial charge >= 0.3 is 0 Å². The van der Waals surface area contributed by atoms with Crippen LogP contribution >= 0.6 is 33.9 Å². The van der Waals surface area contributed by atoms with Gasteiger partial charge in [0.25, 0.3) is 0 Å². The molecule has 0 amide bonds. The average Bonchev–Trinajstić information content (AvgIpc) is 2.90. The van der Waals surface area contributed by atoms with Gasteiger partial charge in [-0.1, -0.05) is 6.92 Å². The maximum absolute atomic E-state index is 5.16. The van der Waals surface area contributed by atoms with Crippen LogP contribution in [0.1, 0.15) is 30.6 Å². The van der Waals surface area contributed by atoms with E-state index in [0.29, 0.717) is 5.88 Å². The number of hydrogen-bond donors (Lipinski definition) is 1. The summed E-state index contributed by atoms with van der Waals surface area (Å²) >= 11 is 4.13. The fourth-order valence-corrected chi connectivity index (χ4v) is 3.37. The third-order valence-electron chi connectivity index (χ3n) is 2.95. The summed E-state index contributed by atoms with van der Waals surface area (Å²) < 4.78 is 6.46. The lowest BCUT2D eigenvalue weighted by atomic mass is 10.0. The molecule has 0 aromatic carbocycles. The van der Waals surface area contributed by atoms with Crippen LogP contribution in [0, 0.1) is 2.88 Å². The summed E-state index contributed by atoms with van der Waals surface area (Å²) in [6.45, 7) is 3.18. The molecule has 108 valence electrons. The normalized spacial score (nSPS) is 12.3. The fraction of sp³-hybridized carbons (Fsp3) is 0.429. The van der Waals surface area contributed by atoms with E-state index >= 15 is 0 Å². The van der Waals surface area contributed by atoms with Crippen LogP contribution in [0.15, 0.2) is 23.8 Å². The number of aromatic nitrogens is 2. The van der Waals surface area contributed by atoms with Crippen LogP contribution in [0.25, 0.3) is 0 Å². The molecule has 0 radical (unpaired) electrons. The highest BCUT2D eigenvalue weighted by molar-refractivity contribution is 14.1. The van der Waals surface area contributed by atoms with Crippen molar-refractivity contribution in [2.75, 3.05) is 13.7 Å². The second-order valence-electron chi connectivity index (χ2n) is 4.45. The molecule has 0 fully saturated rings. The van der Waals surface area contributed by atoms with Crippen molar-refractivity contribution in [2.24, 2.45) is 0 Å². The molecule has 2 aromatic rings. The summed E-state index contributed by atoms with van der Waals surface area (Å²) in [7, 11) is 1.63. The first kappa shape index (κ1) is 15.7. The van der Waals surface area contributed by atoms with E-state index in [1.54, 1.807) is 24.8 Å². The van der Waals surface area contributed by atoms with Gasteiger partial charge in [-0.2, -0.15) is 0 Å². The largest absolute Gasteiger partial charge is 0.481 e. The van der Waals surface area contributed by atoms with Gasteiger partial charge in [-0.25, -0.2) is 9.97 Å². The van der Waals surface area contributed by atoms with Crippen molar-refractivity contribution in [1.82, 2.24) is 15.3 Å². The Bertz CT molecular complexity index is 547. The van der Waals surface area contributed by atoms with Crippen LogP contribution in [-0.2, 0) is 6.42 Å². The molecule has 2 aromatic heterocycles. The maximum Gasteiger partial charge on any atom is 0.216 e. The van der Waals surface area contributed by atoms with Gasteiger partial charge in [0, 0.05) is 24.2 Å². The lowest BCUT2D eigenvalue weighted by Gasteiger charge is -2.17. The van der Waals surface area contributed by atoms with Crippen LogP contribution in [0.3, 0.4) is 0 Å². The first-order valence-electron chi connectivity index (χ1n) is 6.55. The molecule has 0 aliphatic carbocycles. The Morgan fingerprint density at radius 1 is 1.40 bits per heavy atom. The number of nitrogens with zero attached hydrogens (tertiary/aromatic N) is 2. The molecular formula is C14H18IN3OS. The maximum atomic E-state index is 5.16. The van der Waals surface area contributed by atoms with Crippen molar-refractivity contribution < 1.29 is 4.74 Å². The summed E-state index contributed by atoms with van der Waals surface area (Å²) in [5.41, 5.74) is 2.32. The monoisotopic (exact) mass is 403 g/mol. The molecule has 0 aliphatic heterocycles. The van der Waals surface area contributed by atoms with Crippen LogP contribution < -0.4 is 10.1 Å². The number of thiophene rings is 1. The topological polar surface area (TPSA) is 47.0 Å². The molecule has 2 rings (SSSR count). The number of ether oxygens (including phenoxy) is 1. The molecule has 20 heavy (non-hydrogen) atoms. The highest BCUT2D eigenvalue weighted by Crippen LogP contribution is 2.25. The Kier molecular flexibility index (Phi) is 6.18. The van der Waals surface area contributed by atoms with E-state index in [1.165, 1.54) is 8.45 Å². The van der Waals surface area contributed by atoms with Gasteiger partial charge in [0.2, 0.25) is 5.88 Å². The molecule has 0 bridgehead atoms. The first-order valence-corrected chi connectivity index (χ1v) is 8.51. The zero-order valence-electron chi connectivity index (χ0n) is 11.6. The minimum Gasteiger partial charge on any atom is -0.481 e. The standard InChI is InChI=1S/C14H18IN3OS/c1-3-4-16-12(10-5-13(15)20-8-10)6-11-7-14(19-2)18-9-17-11/h5,7-9,12,16H,3-4,6H2,1-2H3. The van der Waals surface area contributed by atoms with Crippen LogP contribution in [0.5, 0.6) is 5.88 Å². The summed E-state index contributed by atoms with van der Waals surface area (Å²) in [5, 5.41) is 5.80.